The van der Waals surface area contributed by atoms with E-state index >= 15 is 0 Å². The number of hydrogen-bond acceptors (Lipinski definition) is 1. The molecule has 0 aliphatic heterocycles. The van der Waals surface area contributed by atoms with Gasteiger partial charge in [-0.1, -0.05) is 31.2 Å². The first-order valence-corrected chi connectivity index (χ1v) is 5.66. The van der Waals surface area contributed by atoms with Crippen LogP contribution in [-0.2, 0) is 6.42 Å². The average Bonchev–Trinajstić information content (AvgIpc) is 2.50. The Morgan fingerprint density at radius 3 is 3.08 bits per heavy atom. The Bertz CT molecular complexity index is 265. The molecule has 0 nitrogen and oxygen atoms in total. The maximum absolute atomic E-state index is 2.29. The predicted octanol–water partition coefficient (Wildman–Crippen LogP) is 3.43. The van der Waals surface area contributed by atoms with Gasteiger partial charge < -0.3 is 0 Å². The third kappa shape index (κ3) is 1.38. The van der Waals surface area contributed by atoms with Crippen LogP contribution in [0.15, 0.2) is 24.3 Å². The molecule has 1 unspecified atom stereocenters. The highest BCUT2D eigenvalue weighted by molar-refractivity contribution is 7.99. The van der Waals surface area contributed by atoms with Crippen LogP contribution < -0.4 is 0 Å². The number of fused-ring (bicyclic) bond motifs is 1. The third-order valence-electron chi connectivity index (χ3n) is 2.45. The maximum atomic E-state index is 2.29. The molecule has 0 aromatic heterocycles. The van der Waals surface area contributed by atoms with E-state index in [1.54, 1.807) is 11.1 Å². The summed E-state index contributed by atoms with van der Waals surface area (Å²) in [5.41, 5.74) is 3.16. The molecule has 0 amide bonds. The Kier molecular flexibility index (Phi) is 2.40. The molecule has 12 heavy (non-hydrogen) atoms. The van der Waals surface area contributed by atoms with Gasteiger partial charge in [-0.25, -0.2) is 0 Å². The van der Waals surface area contributed by atoms with Gasteiger partial charge >= 0.3 is 0 Å². The van der Waals surface area contributed by atoms with Gasteiger partial charge in [-0.2, -0.15) is 11.8 Å². The van der Waals surface area contributed by atoms with Crippen molar-refractivity contribution in [3.8, 4) is 0 Å². The molecule has 2 rings (SSSR count). The molecule has 1 aliphatic rings. The van der Waals surface area contributed by atoms with Crippen LogP contribution in [0.25, 0.3) is 0 Å². The van der Waals surface area contributed by atoms with Gasteiger partial charge in [0.15, 0.2) is 0 Å². The van der Waals surface area contributed by atoms with E-state index in [0.717, 1.165) is 5.25 Å². The first kappa shape index (κ1) is 8.18. The van der Waals surface area contributed by atoms with Crippen LogP contribution in [0.2, 0.25) is 0 Å². The maximum Gasteiger partial charge on any atom is 0.0303 e. The molecule has 0 bridgehead atoms. The van der Waals surface area contributed by atoms with Gasteiger partial charge in [0.2, 0.25) is 0 Å². The standard InChI is InChI=1S/C11H14S/c1-2-12-11-8-7-9-5-3-4-6-10(9)11/h3-6,11H,2,7-8H2,1H3. The van der Waals surface area contributed by atoms with E-state index in [1.807, 2.05) is 0 Å². The fraction of sp³-hybridized carbons (Fsp3) is 0.455. The normalized spacial score (nSPS) is 20.9. The summed E-state index contributed by atoms with van der Waals surface area (Å²) in [6.07, 6.45) is 2.63. The van der Waals surface area contributed by atoms with Gasteiger partial charge in [-0.3, -0.25) is 0 Å². The van der Waals surface area contributed by atoms with E-state index in [9.17, 15) is 0 Å². The molecule has 0 spiro atoms. The zero-order chi connectivity index (χ0) is 8.39. The van der Waals surface area contributed by atoms with E-state index in [-0.39, 0.29) is 0 Å². The second-order valence-corrected chi connectivity index (χ2v) is 4.66. The van der Waals surface area contributed by atoms with Crippen LogP contribution in [0, 0.1) is 0 Å². The van der Waals surface area contributed by atoms with Crippen LogP contribution in [0.4, 0.5) is 0 Å². The van der Waals surface area contributed by atoms with Crippen molar-refractivity contribution in [3.05, 3.63) is 35.4 Å². The van der Waals surface area contributed by atoms with E-state index < -0.39 is 0 Å². The number of thioether (sulfide) groups is 1. The van der Waals surface area contributed by atoms with E-state index in [1.165, 1.54) is 18.6 Å². The molecular formula is C11H14S. The van der Waals surface area contributed by atoms with Crippen molar-refractivity contribution >= 4 is 11.8 Å². The van der Waals surface area contributed by atoms with E-state index in [4.69, 9.17) is 0 Å². The minimum Gasteiger partial charge on any atom is -0.154 e. The van der Waals surface area contributed by atoms with E-state index in [0.29, 0.717) is 0 Å². The Morgan fingerprint density at radius 1 is 1.42 bits per heavy atom. The van der Waals surface area contributed by atoms with Crippen molar-refractivity contribution in [2.45, 2.75) is 25.0 Å². The first-order chi connectivity index (χ1) is 5.92. The Hall–Kier alpha value is -0.430. The van der Waals surface area contributed by atoms with Crippen molar-refractivity contribution in [2.24, 2.45) is 0 Å². The van der Waals surface area contributed by atoms with Gasteiger partial charge in [0.05, 0.1) is 0 Å². The highest BCUT2D eigenvalue weighted by Gasteiger charge is 2.20. The molecule has 1 aromatic carbocycles. The Morgan fingerprint density at radius 2 is 2.25 bits per heavy atom. The number of rotatable bonds is 2. The molecule has 1 heteroatoms. The quantitative estimate of drug-likeness (QED) is 0.668. The fourth-order valence-electron chi connectivity index (χ4n) is 1.89. The van der Waals surface area contributed by atoms with Gasteiger partial charge in [-0.05, 0) is 29.7 Å². The number of benzene rings is 1. The van der Waals surface area contributed by atoms with Crippen molar-refractivity contribution in [1.29, 1.82) is 0 Å². The molecule has 0 radical (unpaired) electrons. The molecule has 0 saturated heterocycles. The zero-order valence-corrected chi connectivity index (χ0v) is 8.23. The molecule has 1 atom stereocenters. The lowest BCUT2D eigenvalue weighted by Crippen LogP contribution is -1.87. The lowest BCUT2D eigenvalue weighted by Gasteiger charge is -2.08. The Labute approximate surface area is 78.4 Å². The molecule has 64 valence electrons. The Balaban J connectivity index is 2.24. The summed E-state index contributed by atoms with van der Waals surface area (Å²) in [7, 11) is 0. The molecule has 0 saturated carbocycles. The summed E-state index contributed by atoms with van der Waals surface area (Å²) in [6.45, 7) is 2.24. The van der Waals surface area contributed by atoms with Crippen molar-refractivity contribution in [1.82, 2.24) is 0 Å². The van der Waals surface area contributed by atoms with Crippen LogP contribution in [-0.4, -0.2) is 5.75 Å². The first-order valence-electron chi connectivity index (χ1n) is 4.61. The lowest BCUT2D eigenvalue weighted by atomic mass is 10.1. The molecule has 0 heterocycles. The minimum absolute atomic E-state index is 0.784. The molecule has 0 fully saturated rings. The highest BCUT2D eigenvalue weighted by atomic mass is 32.2. The highest BCUT2D eigenvalue weighted by Crippen LogP contribution is 2.40. The van der Waals surface area contributed by atoms with Gasteiger partial charge in [0.25, 0.3) is 0 Å². The predicted molar refractivity (Wildman–Crippen MR) is 55.6 cm³/mol. The molecule has 1 aliphatic carbocycles. The molecule has 0 N–H and O–H groups in total. The monoisotopic (exact) mass is 178 g/mol. The zero-order valence-electron chi connectivity index (χ0n) is 7.42. The lowest BCUT2D eigenvalue weighted by molar-refractivity contribution is 0.891. The average molecular weight is 178 g/mol. The van der Waals surface area contributed by atoms with Crippen LogP contribution in [0.3, 0.4) is 0 Å². The fourth-order valence-corrected chi connectivity index (χ4v) is 2.99. The summed E-state index contributed by atoms with van der Waals surface area (Å²) in [5.74, 6) is 1.24. The van der Waals surface area contributed by atoms with Crippen LogP contribution >= 0.6 is 11.8 Å². The van der Waals surface area contributed by atoms with Crippen molar-refractivity contribution in [3.63, 3.8) is 0 Å². The van der Waals surface area contributed by atoms with Crippen molar-refractivity contribution in [2.75, 3.05) is 5.75 Å². The second kappa shape index (κ2) is 3.53. The largest absolute Gasteiger partial charge is 0.154 e. The summed E-state index contributed by atoms with van der Waals surface area (Å²) >= 11 is 2.08. The summed E-state index contributed by atoms with van der Waals surface area (Å²) in [4.78, 5) is 0. The molecular weight excluding hydrogens is 164 g/mol. The summed E-state index contributed by atoms with van der Waals surface area (Å²) in [5, 5.41) is 0.784. The third-order valence-corrected chi connectivity index (χ3v) is 3.67. The smallest absolute Gasteiger partial charge is 0.0303 e. The summed E-state index contributed by atoms with van der Waals surface area (Å²) in [6, 6.07) is 8.87. The number of aryl methyl sites for hydroxylation is 1. The minimum atomic E-state index is 0.784. The summed E-state index contributed by atoms with van der Waals surface area (Å²) < 4.78 is 0. The SMILES string of the molecule is CCSC1CCc2ccccc21. The number of hydrogen-bond donors (Lipinski definition) is 0. The van der Waals surface area contributed by atoms with Gasteiger partial charge in [0.1, 0.15) is 0 Å². The second-order valence-electron chi connectivity index (χ2n) is 3.18. The van der Waals surface area contributed by atoms with Gasteiger partial charge in [0, 0.05) is 5.25 Å². The van der Waals surface area contributed by atoms with Crippen molar-refractivity contribution < 1.29 is 0 Å². The van der Waals surface area contributed by atoms with Crippen LogP contribution in [0.1, 0.15) is 29.7 Å². The van der Waals surface area contributed by atoms with E-state index in [2.05, 4.69) is 43.0 Å². The van der Waals surface area contributed by atoms with Gasteiger partial charge in [-0.15, -0.1) is 0 Å². The molecule has 1 aromatic rings. The van der Waals surface area contributed by atoms with Crippen LogP contribution in [0.5, 0.6) is 0 Å². The topological polar surface area (TPSA) is 0 Å².